The zero-order valence-electron chi connectivity index (χ0n) is 5.79. The van der Waals surface area contributed by atoms with Gasteiger partial charge in [0.2, 0.25) is 6.29 Å². The van der Waals surface area contributed by atoms with Gasteiger partial charge >= 0.3 is 5.97 Å². The smallest absolute Gasteiger partial charge is 0.323 e. The Morgan fingerprint density at radius 3 is 2.80 bits per heavy atom. The fourth-order valence-corrected chi connectivity index (χ4v) is 0.422. The van der Waals surface area contributed by atoms with Crippen LogP contribution in [-0.4, -0.2) is 24.9 Å². The van der Waals surface area contributed by atoms with Gasteiger partial charge in [-0.3, -0.25) is 9.59 Å². The van der Waals surface area contributed by atoms with Crippen LogP contribution in [0.5, 0.6) is 0 Å². The topological polar surface area (TPSA) is 69.4 Å². The van der Waals surface area contributed by atoms with Crippen LogP contribution >= 0.6 is 0 Å². The summed E-state index contributed by atoms with van der Waals surface area (Å²) in [7, 11) is 0. The first kappa shape index (κ1) is 9.10. The molecule has 2 N–H and O–H groups in total. The summed E-state index contributed by atoms with van der Waals surface area (Å²) in [6.45, 7) is 1.96. The second kappa shape index (κ2) is 4.93. The molecule has 4 nitrogen and oxygen atoms in total. The molecule has 4 heteroatoms. The van der Waals surface area contributed by atoms with Crippen molar-refractivity contribution in [3.8, 4) is 0 Å². The molecule has 1 radical (unpaired) electrons. The number of ether oxygens (including phenoxy) is 1. The Morgan fingerprint density at radius 2 is 2.40 bits per heavy atom. The van der Waals surface area contributed by atoms with Crippen LogP contribution in [0.4, 0.5) is 0 Å². The number of rotatable bonds is 4. The molecule has 0 aliphatic heterocycles. The Kier molecular flexibility index (Phi) is 4.49. The van der Waals surface area contributed by atoms with E-state index in [9.17, 15) is 9.59 Å². The molecular weight excluding hydrogens is 134 g/mol. The molecule has 0 aromatic rings. The van der Waals surface area contributed by atoms with E-state index in [-0.39, 0.29) is 13.0 Å². The van der Waals surface area contributed by atoms with Gasteiger partial charge < -0.3 is 10.5 Å². The zero-order valence-corrected chi connectivity index (χ0v) is 5.79. The lowest BCUT2D eigenvalue weighted by Gasteiger charge is -2.04. The first-order valence-corrected chi connectivity index (χ1v) is 2.99. The number of nitrogens with two attached hydrogens (primary N) is 1. The predicted octanol–water partition coefficient (Wildman–Crippen LogP) is -0.623. The molecular formula is C6H10NO3. The molecule has 0 saturated heterocycles. The highest BCUT2D eigenvalue weighted by Gasteiger charge is 2.12. The molecule has 0 bridgehead atoms. The maximum Gasteiger partial charge on any atom is 0.323 e. The number of hydrogen-bond donors (Lipinski definition) is 1. The fourth-order valence-electron chi connectivity index (χ4n) is 0.422. The summed E-state index contributed by atoms with van der Waals surface area (Å²) >= 11 is 0. The van der Waals surface area contributed by atoms with E-state index in [1.165, 1.54) is 6.29 Å². The number of carbonyl (C=O) groups excluding carboxylic acids is 2. The third-order valence-corrected chi connectivity index (χ3v) is 0.893. The second-order valence-electron chi connectivity index (χ2n) is 1.71. The zero-order chi connectivity index (χ0) is 7.98. The molecule has 0 rings (SSSR count). The van der Waals surface area contributed by atoms with Crippen molar-refractivity contribution in [1.29, 1.82) is 0 Å². The molecule has 0 saturated carbocycles. The van der Waals surface area contributed by atoms with Crippen LogP contribution < -0.4 is 5.73 Å². The fraction of sp³-hybridized carbons (Fsp3) is 0.667. The van der Waals surface area contributed by atoms with E-state index >= 15 is 0 Å². The Bertz CT molecular complexity index is 124. The highest BCUT2D eigenvalue weighted by molar-refractivity contribution is 5.78. The Morgan fingerprint density at radius 1 is 1.80 bits per heavy atom. The van der Waals surface area contributed by atoms with Gasteiger partial charge in [-0.2, -0.15) is 0 Å². The monoisotopic (exact) mass is 144 g/mol. The predicted molar refractivity (Wildman–Crippen MR) is 34.9 cm³/mol. The van der Waals surface area contributed by atoms with E-state index in [1.54, 1.807) is 6.92 Å². The highest BCUT2D eigenvalue weighted by Crippen LogP contribution is 1.88. The van der Waals surface area contributed by atoms with Crippen molar-refractivity contribution < 1.29 is 14.3 Å². The van der Waals surface area contributed by atoms with Crippen LogP contribution in [0.1, 0.15) is 13.3 Å². The van der Waals surface area contributed by atoms with Gasteiger partial charge in [0, 0.05) is 6.42 Å². The highest BCUT2D eigenvalue weighted by atomic mass is 16.5. The molecule has 10 heavy (non-hydrogen) atoms. The first-order valence-electron chi connectivity index (χ1n) is 2.99. The molecule has 0 amide bonds. The molecule has 0 fully saturated rings. The largest absolute Gasteiger partial charge is 0.465 e. The van der Waals surface area contributed by atoms with Gasteiger partial charge in [-0.25, -0.2) is 0 Å². The molecule has 0 aromatic heterocycles. The van der Waals surface area contributed by atoms with Crippen molar-refractivity contribution in [2.24, 2.45) is 5.73 Å². The van der Waals surface area contributed by atoms with E-state index in [2.05, 4.69) is 4.74 Å². The minimum absolute atomic E-state index is 0.0984. The second-order valence-corrected chi connectivity index (χ2v) is 1.71. The summed E-state index contributed by atoms with van der Waals surface area (Å²) in [5.74, 6) is -0.550. The summed E-state index contributed by atoms with van der Waals surface area (Å²) in [5, 5.41) is 0. The average Bonchev–Trinajstić information content (AvgIpc) is 1.89. The summed E-state index contributed by atoms with van der Waals surface area (Å²) in [5.41, 5.74) is 5.18. The van der Waals surface area contributed by atoms with Gasteiger partial charge in [0.15, 0.2) is 0 Å². The molecule has 0 aromatic carbocycles. The van der Waals surface area contributed by atoms with Gasteiger partial charge in [0.25, 0.3) is 0 Å². The van der Waals surface area contributed by atoms with Gasteiger partial charge in [0.05, 0.1) is 6.61 Å². The standard InChI is InChI=1S/C6H10NO3/c1-2-10-6(9)5(7)3-4-8/h5H,2-3,7H2,1H3/t5-/m0/s1. The molecule has 57 valence electrons. The molecule has 0 aliphatic carbocycles. The van der Waals surface area contributed by atoms with Gasteiger partial charge in [0.1, 0.15) is 6.04 Å². The van der Waals surface area contributed by atoms with Crippen LogP contribution in [0.3, 0.4) is 0 Å². The molecule has 0 unspecified atom stereocenters. The lowest BCUT2D eigenvalue weighted by Crippen LogP contribution is -2.32. The number of carbonyl (C=O) groups is 1. The van der Waals surface area contributed by atoms with Gasteiger partial charge in [-0.1, -0.05) is 0 Å². The van der Waals surface area contributed by atoms with Gasteiger partial charge in [-0.05, 0) is 6.92 Å². The van der Waals surface area contributed by atoms with Crippen LogP contribution in [0, 0.1) is 0 Å². The van der Waals surface area contributed by atoms with E-state index in [0.29, 0.717) is 0 Å². The lowest BCUT2D eigenvalue weighted by molar-refractivity contribution is -0.144. The Balaban J connectivity index is 3.58. The summed E-state index contributed by atoms with van der Waals surface area (Å²) in [4.78, 5) is 20.3. The quantitative estimate of drug-likeness (QED) is 0.534. The summed E-state index contributed by atoms with van der Waals surface area (Å²) < 4.78 is 4.51. The maximum atomic E-state index is 10.6. The molecule has 1 atom stereocenters. The first-order chi connectivity index (χ1) is 4.72. The Hall–Kier alpha value is -0.900. The van der Waals surface area contributed by atoms with E-state index in [1.807, 2.05) is 0 Å². The third kappa shape index (κ3) is 3.19. The number of esters is 1. The van der Waals surface area contributed by atoms with Crippen LogP contribution in [0.2, 0.25) is 0 Å². The minimum atomic E-state index is -0.850. The van der Waals surface area contributed by atoms with Gasteiger partial charge in [-0.15, -0.1) is 0 Å². The minimum Gasteiger partial charge on any atom is -0.465 e. The SMILES string of the molecule is CCOC(=O)[C@@H](N)C[C]=O. The average molecular weight is 144 g/mol. The lowest BCUT2D eigenvalue weighted by atomic mass is 10.2. The van der Waals surface area contributed by atoms with E-state index in [0.717, 1.165) is 0 Å². The normalized spacial score (nSPS) is 12.2. The Labute approximate surface area is 59.3 Å². The van der Waals surface area contributed by atoms with Crippen molar-refractivity contribution in [2.75, 3.05) is 6.61 Å². The maximum absolute atomic E-state index is 10.6. The van der Waals surface area contributed by atoms with Crippen LogP contribution in [-0.2, 0) is 14.3 Å². The van der Waals surface area contributed by atoms with E-state index < -0.39 is 12.0 Å². The molecule has 0 aliphatic rings. The molecule has 0 heterocycles. The summed E-state index contributed by atoms with van der Waals surface area (Å²) in [6.07, 6.45) is 1.43. The van der Waals surface area contributed by atoms with Crippen molar-refractivity contribution in [3.05, 3.63) is 0 Å². The third-order valence-electron chi connectivity index (χ3n) is 0.893. The summed E-state index contributed by atoms with van der Waals surface area (Å²) in [6, 6.07) is -0.850. The number of hydrogen-bond acceptors (Lipinski definition) is 4. The molecule has 0 spiro atoms. The van der Waals surface area contributed by atoms with Crippen molar-refractivity contribution in [1.82, 2.24) is 0 Å². The van der Waals surface area contributed by atoms with Crippen molar-refractivity contribution in [3.63, 3.8) is 0 Å². The van der Waals surface area contributed by atoms with Crippen LogP contribution in [0.25, 0.3) is 0 Å². The van der Waals surface area contributed by atoms with E-state index in [4.69, 9.17) is 5.73 Å². The van der Waals surface area contributed by atoms with Crippen LogP contribution in [0.15, 0.2) is 0 Å². The van der Waals surface area contributed by atoms with Crippen molar-refractivity contribution >= 4 is 12.3 Å². The van der Waals surface area contributed by atoms with Crippen molar-refractivity contribution in [2.45, 2.75) is 19.4 Å².